The average molecular weight is 408 g/mol. The molecule has 0 radical (unpaired) electrons. The molecule has 2 aromatic carbocycles. The van der Waals surface area contributed by atoms with Crippen molar-refractivity contribution in [3.63, 3.8) is 0 Å². The SMILES string of the molecule is C=CC.O=C1c2ccc(Br)cc2C(=O)c2ccc(Br)cc21. The molecular weight excluding hydrogens is 396 g/mol. The van der Waals surface area contributed by atoms with Crippen molar-refractivity contribution in [2.24, 2.45) is 0 Å². The molecule has 4 heteroatoms. The van der Waals surface area contributed by atoms with Crippen LogP contribution in [0.4, 0.5) is 0 Å². The number of halogens is 2. The fourth-order valence-corrected chi connectivity index (χ4v) is 2.82. The number of allylic oxidation sites excluding steroid dienone is 1. The zero-order valence-corrected chi connectivity index (χ0v) is 14.5. The first-order chi connectivity index (χ1) is 9.99. The Morgan fingerprint density at radius 2 is 1.14 bits per heavy atom. The molecule has 2 nitrogen and oxygen atoms in total. The maximum atomic E-state index is 12.3. The van der Waals surface area contributed by atoms with Crippen molar-refractivity contribution < 1.29 is 9.59 Å². The molecule has 3 rings (SSSR count). The fraction of sp³-hybridized carbons (Fsp3) is 0.0588. The Labute approximate surface area is 140 Å². The second-order valence-electron chi connectivity index (χ2n) is 4.45. The van der Waals surface area contributed by atoms with Gasteiger partial charge in [0, 0.05) is 31.2 Å². The number of hydrogen-bond donors (Lipinski definition) is 0. The highest BCUT2D eigenvalue weighted by Gasteiger charge is 2.29. The first-order valence-corrected chi connectivity index (χ1v) is 7.83. The van der Waals surface area contributed by atoms with Crippen LogP contribution in [0.2, 0.25) is 0 Å². The van der Waals surface area contributed by atoms with Gasteiger partial charge < -0.3 is 0 Å². The predicted molar refractivity (Wildman–Crippen MR) is 91.0 cm³/mol. The van der Waals surface area contributed by atoms with Gasteiger partial charge in [0.1, 0.15) is 0 Å². The predicted octanol–water partition coefficient (Wildman–Crippen LogP) is 5.18. The van der Waals surface area contributed by atoms with E-state index >= 15 is 0 Å². The number of rotatable bonds is 0. The third kappa shape index (κ3) is 3.06. The molecule has 0 saturated carbocycles. The number of carbonyl (C=O) groups excluding carboxylic acids is 2. The van der Waals surface area contributed by atoms with Gasteiger partial charge in [-0.3, -0.25) is 9.59 Å². The van der Waals surface area contributed by atoms with Crippen molar-refractivity contribution in [3.8, 4) is 0 Å². The first kappa shape index (κ1) is 15.9. The van der Waals surface area contributed by atoms with Gasteiger partial charge in [-0.25, -0.2) is 0 Å². The number of hydrogen-bond acceptors (Lipinski definition) is 2. The van der Waals surface area contributed by atoms with E-state index in [9.17, 15) is 9.59 Å². The van der Waals surface area contributed by atoms with Gasteiger partial charge in [0.2, 0.25) is 0 Å². The molecule has 0 atom stereocenters. The van der Waals surface area contributed by atoms with Gasteiger partial charge in [0.25, 0.3) is 0 Å². The number of fused-ring (bicyclic) bond motifs is 2. The molecule has 0 bridgehead atoms. The molecule has 0 fully saturated rings. The molecule has 0 aliphatic heterocycles. The molecule has 0 N–H and O–H groups in total. The molecule has 2 aromatic rings. The Balaban J connectivity index is 0.000000497. The first-order valence-electron chi connectivity index (χ1n) is 6.25. The molecule has 0 amide bonds. The van der Waals surface area contributed by atoms with Crippen LogP contribution in [0, 0.1) is 0 Å². The summed E-state index contributed by atoms with van der Waals surface area (Å²) in [6, 6.07) is 10.3. The zero-order valence-electron chi connectivity index (χ0n) is 11.3. The summed E-state index contributed by atoms with van der Waals surface area (Å²) in [7, 11) is 0. The number of carbonyl (C=O) groups is 2. The van der Waals surface area contributed by atoms with Gasteiger partial charge in [-0.1, -0.05) is 37.9 Å². The van der Waals surface area contributed by atoms with E-state index in [1.807, 2.05) is 6.92 Å². The summed E-state index contributed by atoms with van der Waals surface area (Å²) >= 11 is 6.64. The van der Waals surface area contributed by atoms with E-state index in [4.69, 9.17) is 0 Å². The molecule has 0 saturated heterocycles. The highest BCUT2D eigenvalue weighted by molar-refractivity contribution is 9.10. The van der Waals surface area contributed by atoms with Gasteiger partial charge in [0.15, 0.2) is 11.6 Å². The van der Waals surface area contributed by atoms with Crippen molar-refractivity contribution in [2.75, 3.05) is 0 Å². The van der Waals surface area contributed by atoms with Crippen LogP contribution in [0.1, 0.15) is 38.8 Å². The van der Waals surface area contributed by atoms with Crippen LogP contribution in [0.15, 0.2) is 58.0 Å². The Kier molecular flexibility index (Phi) is 4.91. The lowest BCUT2D eigenvalue weighted by Crippen LogP contribution is -2.20. The topological polar surface area (TPSA) is 34.1 Å². The minimum atomic E-state index is -0.103. The second kappa shape index (κ2) is 6.50. The van der Waals surface area contributed by atoms with Crippen molar-refractivity contribution in [1.82, 2.24) is 0 Å². The fourth-order valence-electron chi connectivity index (χ4n) is 2.09. The van der Waals surface area contributed by atoms with E-state index in [0.717, 1.165) is 8.95 Å². The van der Waals surface area contributed by atoms with Gasteiger partial charge >= 0.3 is 0 Å². The summed E-state index contributed by atoms with van der Waals surface area (Å²) in [4.78, 5) is 24.7. The molecule has 1 aliphatic rings. The highest BCUT2D eigenvalue weighted by Crippen LogP contribution is 2.30. The minimum Gasteiger partial charge on any atom is -0.289 e. The summed E-state index contributed by atoms with van der Waals surface area (Å²) in [5.41, 5.74) is 1.86. The van der Waals surface area contributed by atoms with E-state index in [0.29, 0.717) is 22.3 Å². The van der Waals surface area contributed by atoms with Crippen molar-refractivity contribution in [1.29, 1.82) is 0 Å². The lowest BCUT2D eigenvalue weighted by molar-refractivity contribution is 0.0979. The lowest BCUT2D eigenvalue weighted by atomic mass is 9.84. The van der Waals surface area contributed by atoms with Gasteiger partial charge in [-0.15, -0.1) is 6.58 Å². The van der Waals surface area contributed by atoms with E-state index in [1.54, 1.807) is 42.5 Å². The van der Waals surface area contributed by atoms with Crippen LogP contribution in [-0.2, 0) is 0 Å². The van der Waals surface area contributed by atoms with Crippen molar-refractivity contribution >= 4 is 43.4 Å². The summed E-state index contributed by atoms with van der Waals surface area (Å²) in [5.74, 6) is -0.207. The van der Waals surface area contributed by atoms with Gasteiger partial charge in [-0.05, 0) is 43.3 Å². The largest absolute Gasteiger partial charge is 0.289 e. The monoisotopic (exact) mass is 406 g/mol. The molecule has 0 spiro atoms. The number of ketones is 2. The smallest absolute Gasteiger partial charge is 0.194 e. The quantitative estimate of drug-likeness (QED) is 0.481. The molecule has 0 aromatic heterocycles. The maximum absolute atomic E-state index is 12.3. The molecule has 1 aliphatic carbocycles. The Hall–Kier alpha value is -1.52. The van der Waals surface area contributed by atoms with Gasteiger partial charge in [-0.2, -0.15) is 0 Å². The van der Waals surface area contributed by atoms with Crippen LogP contribution < -0.4 is 0 Å². The van der Waals surface area contributed by atoms with E-state index in [2.05, 4.69) is 38.4 Å². The summed E-state index contributed by atoms with van der Waals surface area (Å²) < 4.78 is 1.59. The standard InChI is InChI=1S/C14H6Br2O2.C3H6/c15-7-1-3-9-11(5-7)14(18)10-4-2-8(16)6-12(10)13(9)17;1-3-2/h1-6H;3H,1H2,2H3. The van der Waals surface area contributed by atoms with Crippen LogP contribution in [-0.4, -0.2) is 11.6 Å². The third-order valence-corrected chi connectivity index (χ3v) is 3.93. The normalized spacial score (nSPS) is 12.0. The summed E-state index contributed by atoms with van der Waals surface area (Å²) in [5, 5.41) is 0. The van der Waals surface area contributed by atoms with Crippen LogP contribution >= 0.6 is 31.9 Å². The lowest BCUT2D eigenvalue weighted by Gasteiger charge is -2.17. The van der Waals surface area contributed by atoms with Crippen LogP contribution in [0.25, 0.3) is 0 Å². The van der Waals surface area contributed by atoms with E-state index in [1.165, 1.54) is 0 Å². The molecule has 21 heavy (non-hydrogen) atoms. The second-order valence-corrected chi connectivity index (χ2v) is 6.28. The Bertz CT molecular complexity index is 687. The van der Waals surface area contributed by atoms with Crippen LogP contribution in [0.3, 0.4) is 0 Å². The Morgan fingerprint density at radius 3 is 1.48 bits per heavy atom. The molecule has 0 unspecified atom stereocenters. The van der Waals surface area contributed by atoms with Crippen molar-refractivity contribution in [2.45, 2.75) is 6.92 Å². The Morgan fingerprint density at radius 1 is 0.810 bits per heavy atom. The minimum absolute atomic E-state index is 0.103. The van der Waals surface area contributed by atoms with E-state index < -0.39 is 0 Å². The van der Waals surface area contributed by atoms with Gasteiger partial charge in [0.05, 0.1) is 0 Å². The zero-order chi connectivity index (χ0) is 15.6. The third-order valence-electron chi connectivity index (χ3n) is 2.94. The van der Waals surface area contributed by atoms with Crippen LogP contribution in [0.5, 0.6) is 0 Å². The maximum Gasteiger partial charge on any atom is 0.194 e. The summed E-state index contributed by atoms with van der Waals surface area (Å²) in [6.07, 6.45) is 1.75. The molecule has 0 heterocycles. The molecule has 106 valence electrons. The molecular formula is C17H12Br2O2. The summed E-state index contributed by atoms with van der Waals surface area (Å²) in [6.45, 7) is 5.25. The van der Waals surface area contributed by atoms with E-state index in [-0.39, 0.29) is 11.6 Å². The highest BCUT2D eigenvalue weighted by atomic mass is 79.9. The average Bonchev–Trinajstić information content (AvgIpc) is 2.45. The number of benzene rings is 2. The van der Waals surface area contributed by atoms with Crippen molar-refractivity contribution in [3.05, 3.63) is 80.3 Å².